The molecule has 1 aliphatic carbocycles. The van der Waals surface area contributed by atoms with Crippen LogP contribution in [0.4, 0.5) is 0 Å². The third-order valence-corrected chi connectivity index (χ3v) is 4.93. The largest absolute Gasteiger partial charge is 0.345 e. The van der Waals surface area contributed by atoms with Crippen LogP contribution in [0.2, 0.25) is 0 Å². The zero-order valence-corrected chi connectivity index (χ0v) is 14.4. The maximum Gasteiger partial charge on any atom is 0.326 e. The fourth-order valence-corrected chi connectivity index (χ4v) is 3.73. The number of carbonyl (C=O) groups is 1. The highest BCUT2D eigenvalue weighted by Gasteiger charge is 2.24. The van der Waals surface area contributed by atoms with Gasteiger partial charge >= 0.3 is 5.69 Å². The molecule has 1 aliphatic rings. The number of fused-ring (bicyclic) bond motifs is 2. The van der Waals surface area contributed by atoms with Gasteiger partial charge in [0.25, 0.3) is 5.91 Å². The van der Waals surface area contributed by atoms with Gasteiger partial charge < -0.3 is 10.3 Å². The predicted octanol–water partition coefficient (Wildman–Crippen LogP) is 3.33. The first-order chi connectivity index (χ1) is 12.0. The Morgan fingerprint density at radius 2 is 2.04 bits per heavy atom. The van der Waals surface area contributed by atoms with E-state index >= 15 is 0 Å². The average molecular weight is 335 g/mol. The van der Waals surface area contributed by atoms with Crippen LogP contribution in [0.25, 0.3) is 11.0 Å². The fraction of sp³-hybridized carbons (Fsp3) is 0.300. The summed E-state index contributed by atoms with van der Waals surface area (Å²) < 4.78 is 1.70. The lowest BCUT2D eigenvalue weighted by Crippen LogP contribution is -2.27. The number of benzene rings is 2. The molecule has 1 heterocycles. The summed E-state index contributed by atoms with van der Waals surface area (Å²) in [5.74, 6) is -0.109. The van der Waals surface area contributed by atoms with Crippen LogP contribution in [-0.4, -0.2) is 15.5 Å². The van der Waals surface area contributed by atoms with Gasteiger partial charge in [-0.2, -0.15) is 0 Å². The van der Waals surface area contributed by atoms with Crippen molar-refractivity contribution in [3.63, 3.8) is 0 Å². The SMILES string of the molecule is CC(C)n1c(=O)[nH]c2cc(C(=O)NC3CCc4ccccc43)ccc21. The molecule has 0 aliphatic heterocycles. The van der Waals surface area contributed by atoms with Crippen molar-refractivity contribution in [1.29, 1.82) is 0 Å². The van der Waals surface area contributed by atoms with E-state index < -0.39 is 0 Å². The number of hydrogen-bond donors (Lipinski definition) is 2. The number of imidazole rings is 1. The molecule has 5 heteroatoms. The second kappa shape index (κ2) is 5.92. The van der Waals surface area contributed by atoms with Gasteiger partial charge in [-0.25, -0.2) is 4.79 Å². The van der Waals surface area contributed by atoms with E-state index in [0.29, 0.717) is 11.1 Å². The summed E-state index contributed by atoms with van der Waals surface area (Å²) in [7, 11) is 0. The molecule has 0 fully saturated rings. The first-order valence-corrected chi connectivity index (χ1v) is 8.67. The van der Waals surface area contributed by atoms with E-state index in [0.717, 1.165) is 18.4 Å². The predicted molar refractivity (Wildman–Crippen MR) is 97.9 cm³/mol. The lowest BCUT2D eigenvalue weighted by atomic mass is 10.1. The third-order valence-electron chi connectivity index (χ3n) is 4.93. The van der Waals surface area contributed by atoms with Gasteiger partial charge in [-0.3, -0.25) is 9.36 Å². The van der Waals surface area contributed by atoms with Gasteiger partial charge in [0.2, 0.25) is 0 Å². The summed E-state index contributed by atoms with van der Waals surface area (Å²) in [6.45, 7) is 3.93. The second-order valence-electron chi connectivity index (χ2n) is 6.89. The number of rotatable bonds is 3. The number of aryl methyl sites for hydroxylation is 1. The standard InChI is InChI=1S/C20H21N3O2/c1-12(2)23-18-10-8-14(11-17(18)22-20(23)25)19(24)21-16-9-7-13-5-3-4-6-15(13)16/h3-6,8,10-12,16H,7,9H2,1-2H3,(H,21,24)(H,22,25). The van der Waals surface area contributed by atoms with Crippen LogP contribution in [0.1, 0.15) is 53.8 Å². The molecule has 25 heavy (non-hydrogen) atoms. The van der Waals surface area contributed by atoms with Crippen molar-refractivity contribution in [2.75, 3.05) is 0 Å². The number of nitrogens with one attached hydrogen (secondary N) is 2. The molecule has 2 aromatic carbocycles. The number of aromatic nitrogens is 2. The van der Waals surface area contributed by atoms with E-state index in [9.17, 15) is 9.59 Å². The number of nitrogens with zero attached hydrogens (tertiary/aromatic N) is 1. The van der Waals surface area contributed by atoms with Crippen LogP contribution >= 0.6 is 0 Å². The fourth-order valence-electron chi connectivity index (χ4n) is 3.73. The Balaban J connectivity index is 1.62. The molecule has 1 atom stereocenters. The molecule has 4 rings (SSSR count). The summed E-state index contributed by atoms with van der Waals surface area (Å²) in [5, 5.41) is 3.12. The van der Waals surface area contributed by atoms with Crippen molar-refractivity contribution >= 4 is 16.9 Å². The number of amides is 1. The van der Waals surface area contributed by atoms with Gasteiger partial charge in [0.1, 0.15) is 0 Å². The average Bonchev–Trinajstić information content (AvgIpc) is 3.14. The van der Waals surface area contributed by atoms with Crippen molar-refractivity contribution in [2.24, 2.45) is 0 Å². The number of hydrogen-bond acceptors (Lipinski definition) is 2. The molecule has 1 amide bonds. The van der Waals surface area contributed by atoms with E-state index in [1.165, 1.54) is 11.1 Å². The van der Waals surface area contributed by atoms with E-state index in [4.69, 9.17) is 0 Å². The first kappa shape index (κ1) is 15.7. The highest BCUT2D eigenvalue weighted by atomic mass is 16.2. The van der Waals surface area contributed by atoms with Crippen LogP contribution in [0.15, 0.2) is 47.3 Å². The summed E-state index contributed by atoms with van der Waals surface area (Å²) in [5.41, 5.74) is 4.44. The Bertz CT molecular complexity index is 1010. The molecule has 0 spiro atoms. The summed E-state index contributed by atoms with van der Waals surface area (Å²) in [6, 6.07) is 13.7. The maximum absolute atomic E-state index is 12.7. The van der Waals surface area contributed by atoms with Crippen molar-refractivity contribution in [1.82, 2.24) is 14.9 Å². The molecule has 3 aromatic rings. The van der Waals surface area contributed by atoms with Gasteiger partial charge in [-0.1, -0.05) is 24.3 Å². The van der Waals surface area contributed by atoms with E-state index in [1.807, 2.05) is 32.0 Å². The minimum absolute atomic E-state index is 0.0544. The minimum Gasteiger partial charge on any atom is -0.345 e. The van der Waals surface area contributed by atoms with Crippen LogP contribution in [-0.2, 0) is 6.42 Å². The molecule has 1 unspecified atom stereocenters. The Morgan fingerprint density at radius 3 is 2.84 bits per heavy atom. The number of carbonyl (C=O) groups excluding carboxylic acids is 1. The lowest BCUT2D eigenvalue weighted by molar-refractivity contribution is 0.0937. The minimum atomic E-state index is -0.146. The van der Waals surface area contributed by atoms with Gasteiger partial charge in [0.05, 0.1) is 17.1 Å². The van der Waals surface area contributed by atoms with Gasteiger partial charge in [0, 0.05) is 11.6 Å². The maximum atomic E-state index is 12.7. The molecule has 2 N–H and O–H groups in total. The van der Waals surface area contributed by atoms with Crippen molar-refractivity contribution < 1.29 is 4.79 Å². The van der Waals surface area contributed by atoms with Crippen LogP contribution in [0.5, 0.6) is 0 Å². The molecule has 0 bridgehead atoms. The molecule has 1 aromatic heterocycles. The first-order valence-electron chi connectivity index (χ1n) is 8.67. The van der Waals surface area contributed by atoms with E-state index in [-0.39, 0.29) is 23.7 Å². The lowest BCUT2D eigenvalue weighted by Gasteiger charge is -2.14. The van der Waals surface area contributed by atoms with Crippen LogP contribution in [0, 0.1) is 0 Å². The smallest absolute Gasteiger partial charge is 0.326 e. The summed E-state index contributed by atoms with van der Waals surface area (Å²) >= 11 is 0. The molecule has 0 radical (unpaired) electrons. The monoisotopic (exact) mass is 335 g/mol. The van der Waals surface area contributed by atoms with Gasteiger partial charge in [-0.15, -0.1) is 0 Å². The molecule has 0 saturated heterocycles. The molecular formula is C20H21N3O2. The molecular weight excluding hydrogens is 314 g/mol. The van der Waals surface area contributed by atoms with Crippen molar-refractivity contribution in [3.8, 4) is 0 Å². The Kier molecular flexibility index (Phi) is 3.71. The summed E-state index contributed by atoms with van der Waals surface area (Å²) in [4.78, 5) is 27.6. The third kappa shape index (κ3) is 2.65. The zero-order valence-electron chi connectivity index (χ0n) is 14.4. The number of H-pyrrole nitrogens is 1. The Labute approximate surface area is 145 Å². The zero-order chi connectivity index (χ0) is 17.6. The van der Waals surface area contributed by atoms with Crippen molar-refractivity contribution in [3.05, 3.63) is 69.6 Å². The topological polar surface area (TPSA) is 66.9 Å². The molecule has 128 valence electrons. The Hall–Kier alpha value is -2.82. The van der Waals surface area contributed by atoms with Gasteiger partial charge in [-0.05, 0) is 56.0 Å². The number of aromatic amines is 1. The second-order valence-corrected chi connectivity index (χ2v) is 6.89. The normalized spacial score (nSPS) is 16.4. The van der Waals surface area contributed by atoms with E-state index in [1.54, 1.807) is 16.7 Å². The van der Waals surface area contributed by atoms with Gasteiger partial charge in [0.15, 0.2) is 0 Å². The Morgan fingerprint density at radius 1 is 1.24 bits per heavy atom. The van der Waals surface area contributed by atoms with Crippen molar-refractivity contribution in [2.45, 2.75) is 38.8 Å². The quantitative estimate of drug-likeness (QED) is 0.771. The summed E-state index contributed by atoms with van der Waals surface area (Å²) in [6.07, 6.45) is 1.92. The highest BCUT2D eigenvalue weighted by Crippen LogP contribution is 2.31. The molecule has 5 nitrogen and oxygen atoms in total. The highest BCUT2D eigenvalue weighted by molar-refractivity contribution is 5.97. The molecule has 0 saturated carbocycles. The van der Waals surface area contributed by atoms with Crippen LogP contribution in [0.3, 0.4) is 0 Å². The van der Waals surface area contributed by atoms with E-state index in [2.05, 4.69) is 22.4 Å². The van der Waals surface area contributed by atoms with Crippen LogP contribution < -0.4 is 11.0 Å².